The zero-order valence-electron chi connectivity index (χ0n) is 15.5. The Bertz CT molecular complexity index is 834. The van der Waals surface area contributed by atoms with Gasteiger partial charge in [0.25, 0.3) is 5.91 Å². The molecule has 2 rings (SSSR count). The zero-order chi connectivity index (χ0) is 19.8. The minimum absolute atomic E-state index is 0.218. The number of nitrogens with zero attached hydrogens (tertiary/aromatic N) is 1. The summed E-state index contributed by atoms with van der Waals surface area (Å²) in [5.41, 5.74) is 1.37. The highest BCUT2D eigenvalue weighted by Gasteiger charge is 2.20. The number of rotatable bonds is 7. The Hall–Kier alpha value is -3.15. The lowest BCUT2D eigenvalue weighted by Gasteiger charge is -2.21. The fraction of sp³-hybridized carbons (Fsp3) is 0.238. The number of carbonyl (C=O) groups is 2. The van der Waals surface area contributed by atoms with E-state index in [1.165, 1.54) is 30.0 Å². The van der Waals surface area contributed by atoms with E-state index >= 15 is 0 Å². The summed E-state index contributed by atoms with van der Waals surface area (Å²) in [6.07, 6.45) is 1.85. The van der Waals surface area contributed by atoms with Crippen LogP contribution in [0, 0.1) is 5.82 Å². The van der Waals surface area contributed by atoms with Gasteiger partial charge >= 0.3 is 5.97 Å². The molecule has 0 radical (unpaired) electrons. The molecule has 0 aliphatic rings. The SMILES string of the molecule is COc1ccccc1/C=C/C(=O)OC(C)C(=O)N(C)Cc1cccc(F)c1. The maximum Gasteiger partial charge on any atom is 0.331 e. The Morgan fingerprint density at radius 1 is 1.19 bits per heavy atom. The third kappa shape index (κ3) is 5.95. The summed E-state index contributed by atoms with van der Waals surface area (Å²) in [6.45, 7) is 1.72. The smallest absolute Gasteiger partial charge is 0.331 e. The van der Waals surface area contributed by atoms with Crippen LogP contribution in [-0.4, -0.2) is 37.0 Å². The number of esters is 1. The predicted octanol–water partition coefficient (Wildman–Crippen LogP) is 3.44. The third-order valence-corrected chi connectivity index (χ3v) is 3.86. The van der Waals surface area contributed by atoms with Crippen molar-refractivity contribution in [3.05, 3.63) is 71.6 Å². The molecule has 0 N–H and O–H groups in total. The molecule has 2 aromatic rings. The normalized spacial score (nSPS) is 11.9. The maximum absolute atomic E-state index is 13.2. The largest absolute Gasteiger partial charge is 0.496 e. The number of hydrogen-bond acceptors (Lipinski definition) is 4. The van der Waals surface area contributed by atoms with Gasteiger partial charge in [-0.05, 0) is 36.8 Å². The molecule has 0 heterocycles. The van der Waals surface area contributed by atoms with Gasteiger partial charge in [0, 0.05) is 25.2 Å². The van der Waals surface area contributed by atoms with E-state index in [0.717, 1.165) is 5.56 Å². The predicted molar refractivity (Wildman–Crippen MR) is 100 cm³/mol. The molecule has 0 aliphatic heterocycles. The quantitative estimate of drug-likeness (QED) is 0.553. The standard InChI is InChI=1S/C21H22FNO4/c1-15(21(25)23(2)14-16-7-6-9-18(22)13-16)27-20(24)12-11-17-8-4-5-10-19(17)26-3/h4-13,15H,14H2,1-3H3/b12-11+. The van der Waals surface area contributed by atoms with Crippen LogP contribution in [0.15, 0.2) is 54.6 Å². The number of hydrogen-bond donors (Lipinski definition) is 0. The molecule has 0 aliphatic carbocycles. The second-order valence-electron chi connectivity index (χ2n) is 5.98. The molecule has 0 saturated heterocycles. The van der Waals surface area contributed by atoms with Crippen LogP contribution in [0.3, 0.4) is 0 Å². The van der Waals surface area contributed by atoms with E-state index in [1.807, 2.05) is 12.1 Å². The molecule has 0 bridgehead atoms. The lowest BCUT2D eigenvalue weighted by Crippen LogP contribution is -2.36. The molecule has 27 heavy (non-hydrogen) atoms. The second-order valence-corrected chi connectivity index (χ2v) is 5.98. The van der Waals surface area contributed by atoms with Gasteiger partial charge in [-0.25, -0.2) is 9.18 Å². The molecule has 6 heteroatoms. The Morgan fingerprint density at radius 3 is 2.63 bits per heavy atom. The van der Waals surface area contributed by atoms with Crippen LogP contribution in [0.25, 0.3) is 6.08 Å². The number of para-hydroxylation sites is 1. The summed E-state index contributed by atoms with van der Waals surface area (Å²) in [5.74, 6) is -0.756. The van der Waals surface area contributed by atoms with Gasteiger partial charge in [-0.2, -0.15) is 0 Å². The first-order valence-corrected chi connectivity index (χ1v) is 8.42. The molecule has 1 unspecified atom stereocenters. The molecule has 5 nitrogen and oxygen atoms in total. The van der Waals surface area contributed by atoms with Crippen molar-refractivity contribution in [1.29, 1.82) is 0 Å². The van der Waals surface area contributed by atoms with Gasteiger partial charge in [-0.3, -0.25) is 4.79 Å². The highest BCUT2D eigenvalue weighted by atomic mass is 19.1. The Labute approximate surface area is 158 Å². The van der Waals surface area contributed by atoms with Crippen molar-refractivity contribution >= 4 is 18.0 Å². The van der Waals surface area contributed by atoms with Gasteiger partial charge in [-0.15, -0.1) is 0 Å². The fourth-order valence-electron chi connectivity index (χ4n) is 2.52. The van der Waals surface area contributed by atoms with Gasteiger partial charge < -0.3 is 14.4 Å². The van der Waals surface area contributed by atoms with Crippen LogP contribution in [0.4, 0.5) is 4.39 Å². The van der Waals surface area contributed by atoms with E-state index in [9.17, 15) is 14.0 Å². The monoisotopic (exact) mass is 371 g/mol. The van der Waals surface area contributed by atoms with E-state index in [0.29, 0.717) is 11.3 Å². The van der Waals surface area contributed by atoms with E-state index in [2.05, 4.69) is 0 Å². The first kappa shape index (κ1) is 20.2. The lowest BCUT2D eigenvalue weighted by atomic mass is 10.2. The Kier molecular flexibility index (Phi) is 7.11. The number of benzene rings is 2. The molecule has 1 amide bonds. The van der Waals surface area contributed by atoms with Crippen LogP contribution in [0.5, 0.6) is 5.75 Å². The molecular weight excluding hydrogens is 349 g/mol. The van der Waals surface area contributed by atoms with Crippen LogP contribution in [0.2, 0.25) is 0 Å². The van der Waals surface area contributed by atoms with Gasteiger partial charge in [0.2, 0.25) is 0 Å². The highest BCUT2D eigenvalue weighted by Crippen LogP contribution is 2.18. The van der Waals surface area contributed by atoms with Crippen molar-refractivity contribution in [2.45, 2.75) is 19.6 Å². The number of halogens is 1. The number of ether oxygens (including phenoxy) is 2. The molecule has 0 fully saturated rings. The summed E-state index contributed by atoms with van der Waals surface area (Å²) in [7, 11) is 3.11. The van der Waals surface area contributed by atoms with E-state index in [-0.39, 0.29) is 18.3 Å². The Balaban J connectivity index is 1.92. The first-order chi connectivity index (χ1) is 12.9. The fourth-order valence-corrected chi connectivity index (χ4v) is 2.52. The van der Waals surface area contributed by atoms with Gasteiger partial charge in [0.1, 0.15) is 11.6 Å². The Morgan fingerprint density at radius 2 is 1.93 bits per heavy atom. The van der Waals surface area contributed by atoms with Gasteiger partial charge in [0.05, 0.1) is 7.11 Å². The maximum atomic E-state index is 13.2. The summed E-state index contributed by atoms with van der Waals surface area (Å²) >= 11 is 0. The van der Waals surface area contributed by atoms with Crippen LogP contribution < -0.4 is 4.74 Å². The summed E-state index contributed by atoms with van der Waals surface area (Å²) in [6, 6.07) is 13.2. The van der Waals surface area contributed by atoms with Crippen LogP contribution >= 0.6 is 0 Å². The van der Waals surface area contributed by atoms with Gasteiger partial charge in [-0.1, -0.05) is 30.3 Å². The number of amides is 1. The summed E-state index contributed by atoms with van der Waals surface area (Å²) in [5, 5.41) is 0. The second kappa shape index (κ2) is 9.52. The molecule has 2 aromatic carbocycles. The number of likely N-dealkylation sites (N-methyl/N-ethyl adjacent to an activating group) is 1. The third-order valence-electron chi connectivity index (χ3n) is 3.86. The van der Waals surface area contributed by atoms with E-state index in [4.69, 9.17) is 9.47 Å². The van der Waals surface area contributed by atoms with E-state index in [1.54, 1.807) is 44.5 Å². The zero-order valence-corrected chi connectivity index (χ0v) is 15.5. The van der Waals surface area contributed by atoms with Crippen LogP contribution in [-0.2, 0) is 20.9 Å². The summed E-state index contributed by atoms with van der Waals surface area (Å²) in [4.78, 5) is 25.7. The van der Waals surface area contributed by atoms with Crippen molar-refractivity contribution in [3.8, 4) is 5.75 Å². The first-order valence-electron chi connectivity index (χ1n) is 8.42. The van der Waals surface area contributed by atoms with E-state index < -0.39 is 12.1 Å². The van der Waals surface area contributed by atoms with Crippen molar-refractivity contribution in [3.63, 3.8) is 0 Å². The molecule has 1 atom stereocenters. The van der Waals surface area contributed by atoms with Crippen molar-refractivity contribution < 1.29 is 23.5 Å². The average molecular weight is 371 g/mol. The minimum atomic E-state index is -0.960. The molecule has 142 valence electrons. The van der Waals surface area contributed by atoms with Crippen LogP contribution in [0.1, 0.15) is 18.1 Å². The lowest BCUT2D eigenvalue weighted by molar-refractivity contribution is -0.154. The number of carbonyl (C=O) groups excluding carboxylic acids is 2. The number of methoxy groups -OCH3 is 1. The topological polar surface area (TPSA) is 55.8 Å². The molecule has 0 saturated carbocycles. The van der Waals surface area contributed by atoms with Gasteiger partial charge in [0.15, 0.2) is 6.10 Å². The molecular formula is C21H22FNO4. The summed E-state index contributed by atoms with van der Waals surface area (Å²) < 4.78 is 23.6. The molecule has 0 aromatic heterocycles. The average Bonchev–Trinajstić information content (AvgIpc) is 2.65. The van der Waals surface area contributed by atoms with Crippen molar-refractivity contribution in [1.82, 2.24) is 4.90 Å². The van der Waals surface area contributed by atoms with Crippen molar-refractivity contribution in [2.75, 3.05) is 14.2 Å². The highest BCUT2D eigenvalue weighted by molar-refractivity contribution is 5.90. The van der Waals surface area contributed by atoms with Crippen molar-refractivity contribution in [2.24, 2.45) is 0 Å². The molecule has 0 spiro atoms. The minimum Gasteiger partial charge on any atom is -0.496 e.